The SMILES string of the molecule is CC(=O)N1Cc2cc(C3CCC(CN4Cc5cc6c(cc5C4)C(=O)N(C4CCC(=O)NC4=O)C6=O)CC3)cc(N3CCCc4cc(-c5cnn(C)c5)c(C(F)F)cc43)c2C1. The topological polar surface area (TPSA) is 128 Å². The molecule has 1 saturated heterocycles. The maximum atomic E-state index is 14.7. The van der Waals surface area contributed by atoms with E-state index >= 15 is 0 Å². The highest BCUT2D eigenvalue weighted by Gasteiger charge is 2.45. The van der Waals surface area contributed by atoms with Crippen LogP contribution in [-0.2, 0) is 54.0 Å². The summed E-state index contributed by atoms with van der Waals surface area (Å²) in [5, 5.41) is 6.50. The van der Waals surface area contributed by atoms with Gasteiger partial charge in [-0.1, -0.05) is 6.07 Å². The van der Waals surface area contributed by atoms with Gasteiger partial charge in [0.1, 0.15) is 6.04 Å². The van der Waals surface area contributed by atoms with Crippen molar-refractivity contribution in [1.29, 1.82) is 0 Å². The number of aryl methyl sites for hydroxylation is 2. The number of rotatable bonds is 7. The lowest BCUT2D eigenvalue weighted by molar-refractivity contribution is -0.136. The number of anilines is 2. The quantitative estimate of drug-likeness (QED) is 0.205. The lowest BCUT2D eigenvalue weighted by atomic mass is 9.77. The van der Waals surface area contributed by atoms with E-state index in [4.69, 9.17) is 0 Å². The van der Waals surface area contributed by atoms with Crippen LogP contribution in [-0.4, -0.2) is 73.1 Å². The number of nitrogens with zero attached hydrogens (tertiary/aromatic N) is 6. The molecule has 14 heteroatoms. The van der Waals surface area contributed by atoms with Crippen LogP contribution < -0.4 is 10.2 Å². The molecule has 1 atom stereocenters. The standard InChI is InChI=1S/C46H47F2N7O5/c1-25(56)53-23-32-12-29(16-41(38(32)24-53)54-11-3-4-28-13-34(33-18-49-51(2)20-33)35(43(47)48)17-40(28)54)27-7-5-26(6-8-27)19-52-21-30-14-36-37(15-31(30)22-52)46(60)55(45(36)59)39-9-10-42(57)50-44(39)58/h12-18,20,26-27,39,43H,3-11,19,21-24H2,1-2H3,(H,50,57,58). The number of halogens is 2. The molecular weight excluding hydrogens is 769 g/mol. The zero-order valence-electron chi connectivity index (χ0n) is 33.8. The second kappa shape index (κ2) is 14.8. The number of alkyl halides is 2. The molecule has 5 aliphatic heterocycles. The van der Waals surface area contributed by atoms with Gasteiger partial charge in [0.2, 0.25) is 17.7 Å². The van der Waals surface area contributed by atoms with Crippen LogP contribution in [0.2, 0.25) is 0 Å². The summed E-state index contributed by atoms with van der Waals surface area (Å²) >= 11 is 0. The van der Waals surface area contributed by atoms with Crippen molar-refractivity contribution < 1.29 is 32.8 Å². The van der Waals surface area contributed by atoms with E-state index in [0.29, 0.717) is 66.8 Å². The molecule has 0 bridgehead atoms. The van der Waals surface area contributed by atoms with Crippen LogP contribution in [0.5, 0.6) is 0 Å². The summed E-state index contributed by atoms with van der Waals surface area (Å²) in [6.07, 6.45) is 6.74. The minimum atomic E-state index is -2.66. The molecular formula is C46H47F2N7O5. The highest BCUT2D eigenvalue weighted by molar-refractivity contribution is 6.23. The molecule has 12 nitrogen and oxygen atoms in total. The number of benzene rings is 3. The van der Waals surface area contributed by atoms with E-state index in [1.54, 1.807) is 37.1 Å². The number of aromatic nitrogens is 2. The highest BCUT2D eigenvalue weighted by atomic mass is 19.3. The lowest BCUT2D eigenvalue weighted by Gasteiger charge is -2.35. The van der Waals surface area contributed by atoms with E-state index in [9.17, 15) is 32.8 Å². The Bertz CT molecular complexity index is 2460. The Balaban J connectivity index is 0.852. The maximum absolute atomic E-state index is 14.7. The Morgan fingerprint density at radius 3 is 2.18 bits per heavy atom. The summed E-state index contributed by atoms with van der Waals surface area (Å²) in [5.74, 6) is -1.15. The fraction of sp³-hybridized carbons (Fsp3) is 0.435. The normalized spacial score (nSPS) is 22.7. The number of carbonyl (C=O) groups is 5. The summed E-state index contributed by atoms with van der Waals surface area (Å²) in [5.41, 5.74) is 10.2. The van der Waals surface area contributed by atoms with E-state index in [-0.39, 0.29) is 24.3 Å². The van der Waals surface area contributed by atoms with Crippen molar-refractivity contribution in [1.82, 2.24) is 29.8 Å². The Labute approximate surface area is 346 Å². The van der Waals surface area contributed by atoms with Crippen molar-refractivity contribution in [3.8, 4) is 11.1 Å². The first-order chi connectivity index (χ1) is 28.9. The molecule has 1 N–H and O–H groups in total. The Kier molecular flexibility index (Phi) is 9.45. The molecule has 0 radical (unpaired) electrons. The van der Waals surface area contributed by atoms with E-state index < -0.39 is 36.1 Å². The number of hydrogen-bond donors (Lipinski definition) is 1. The van der Waals surface area contributed by atoms with Crippen molar-refractivity contribution in [2.45, 2.75) is 103 Å². The first kappa shape index (κ1) is 38.4. The minimum Gasteiger partial charge on any atom is -0.341 e. The molecule has 5 amide bonds. The Morgan fingerprint density at radius 2 is 1.53 bits per heavy atom. The lowest BCUT2D eigenvalue weighted by Crippen LogP contribution is -2.54. The van der Waals surface area contributed by atoms with Crippen LogP contribution in [0.4, 0.5) is 20.2 Å². The molecule has 60 heavy (non-hydrogen) atoms. The molecule has 1 aliphatic carbocycles. The number of fused-ring (bicyclic) bond motifs is 4. The maximum Gasteiger partial charge on any atom is 0.264 e. The Hall–Kier alpha value is -5.76. The van der Waals surface area contributed by atoms with Crippen molar-refractivity contribution in [3.05, 3.63) is 98.9 Å². The fourth-order valence-electron chi connectivity index (χ4n) is 10.7. The van der Waals surface area contributed by atoms with E-state index in [1.807, 2.05) is 23.1 Å². The summed E-state index contributed by atoms with van der Waals surface area (Å²) < 4.78 is 31.1. The van der Waals surface area contributed by atoms with Gasteiger partial charge < -0.3 is 9.80 Å². The van der Waals surface area contributed by atoms with E-state index in [1.165, 1.54) is 5.56 Å². The Morgan fingerprint density at radius 1 is 0.817 bits per heavy atom. The summed E-state index contributed by atoms with van der Waals surface area (Å²) in [6.45, 7) is 5.59. The molecule has 1 saturated carbocycles. The summed E-state index contributed by atoms with van der Waals surface area (Å²) in [7, 11) is 1.78. The van der Waals surface area contributed by atoms with Crippen molar-refractivity contribution in [2.24, 2.45) is 13.0 Å². The van der Waals surface area contributed by atoms with Crippen LogP contribution in [0.1, 0.15) is 124 Å². The molecule has 0 spiro atoms. The molecule has 4 aromatic rings. The van der Waals surface area contributed by atoms with Gasteiger partial charge in [0.15, 0.2) is 0 Å². The van der Waals surface area contributed by atoms with E-state index in [0.717, 1.165) is 89.2 Å². The highest BCUT2D eigenvalue weighted by Crippen LogP contribution is 2.47. The van der Waals surface area contributed by atoms with Crippen LogP contribution in [0, 0.1) is 5.92 Å². The average molecular weight is 816 g/mol. The number of imide groups is 2. The fourth-order valence-corrected chi connectivity index (χ4v) is 10.7. The first-order valence-electron chi connectivity index (χ1n) is 21.1. The molecule has 310 valence electrons. The van der Waals surface area contributed by atoms with Crippen LogP contribution in [0.25, 0.3) is 11.1 Å². The predicted molar refractivity (Wildman–Crippen MR) is 217 cm³/mol. The molecule has 10 rings (SSSR count). The van der Waals surface area contributed by atoms with Gasteiger partial charge in [0.05, 0.1) is 17.3 Å². The number of carbonyl (C=O) groups excluding carboxylic acids is 5. The molecule has 2 fully saturated rings. The first-order valence-corrected chi connectivity index (χ1v) is 21.1. The number of amides is 5. The third-order valence-electron chi connectivity index (χ3n) is 13.8. The number of hydrogen-bond acceptors (Lipinski definition) is 8. The van der Waals surface area contributed by atoms with Crippen molar-refractivity contribution >= 4 is 40.9 Å². The molecule has 6 heterocycles. The van der Waals surface area contributed by atoms with Gasteiger partial charge in [0.25, 0.3) is 18.2 Å². The summed E-state index contributed by atoms with van der Waals surface area (Å²) in [4.78, 5) is 71.2. The molecule has 1 unspecified atom stereocenters. The van der Waals surface area contributed by atoms with Gasteiger partial charge in [-0.25, -0.2) is 8.78 Å². The number of piperidine rings is 1. The zero-order valence-corrected chi connectivity index (χ0v) is 33.8. The molecule has 6 aliphatic rings. The van der Waals surface area contributed by atoms with Gasteiger partial charge in [-0.3, -0.25) is 43.8 Å². The van der Waals surface area contributed by atoms with E-state index in [2.05, 4.69) is 32.3 Å². The monoisotopic (exact) mass is 815 g/mol. The second-order valence-corrected chi connectivity index (χ2v) is 17.6. The second-order valence-electron chi connectivity index (χ2n) is 17.6. The third-order valence-corrected chi connectivity index (χ3v) is 13.8. The average Bonchev–Trinajstić information content (AvgIpc) is 4.01. The minimum absolute atomic E-state index is 0.00580. The molecule has 3 aromatic carbocycles. The zero-order chi connectivity index (χ0) is 41.6. The van der Waals surface area contributed by atoms with Crippen LogP contribution in [0.15, 0.2) is 48.8 Å². The molecule has 1 aromatic heterocycles. The number of nitrogens with one attached hydrogen (secondary N) is 1. The van der Waals surface area contributed by atoms with Gasteiger partial charge in [-0.15, -0.1) is 0 Å². The van der Waals surface area contributed by atoms with Crippen molar-refractivity contribution in [2.75, 3.05) is 18.0 Å². The smallest absolute Gasteiger partial charge is 0.264 e. The van der Waals surface area contributed by atoms with Gasteiger partial charge in [0, 0.05) is 93.9 Å². The van der Waals surface area contributed by atoms with Crippen LogP contribution in [0.3, 0.4) is 0 Å². The van der Waals surface area contributed by atoms with Gasteiger partial charge >= 0.3 is 0 Å². The summed E-state index contributed by atoms with van der Waals surface area (Å²) in [6, 6.07) is 10.8. The van der Waals surface area contributed by atoms with Gasteiger partial charge in [-0.05, 0) is 120 Å². The third kappa shape index (κ3) is 6.59. The predicted octanol–water partition coefficient (Wildman–Crippen LogP) is 6.66. The van der Waals surface area contributed by atoms with Gasteiger partial charge in [-0.2, -0.15) is 5.10 Å². The largest absolute Gasteiger partial charge is 0.341 e. The van der Waals surface area contributed by atoms with Crippen molar-refractivity contribution in [3.63, 3.8) is 0 Å². The van der Waals surface area contributed by atoms with Crippen LogP contribution >= 0.6 is 0 Å².